The van der Waals surface area contributed by atoms with Crippen LogP contribution in [0.1, 0.15) is 22.3 Å². The van der Waals surface area contributed by atoms with Crippen LogP contribution in [0.5, 0.6) is 0 Å². The summed E-state index contributed by atoms with van der Waals surface area (Å²) in [5.74, 6) is 1.92. The summed E-state index contributed by atoms with van der Waals surface area (Å²) in [6.45, 7) is 0. The molecule has 0 atom stereocenters. The van der Waals surface area contributed by atoms with Gasteiger partial charge in [0.2, 0.25) is 0 Å². The minimum absolute atomic E-state index is 0.409. The summed E-state index contributed by atoms with van der Waals surface area (Å²) < 4.78 is 2.54. The second kappa shape index (κ2) is 13.6. The molecule has 0 saturated carbocycles. The largest absolute Gasteiger partial charge is 0.208 e. The Kier molecular flexibility index (Phi) is 7.69. The van der Waals surface area contributed by atoms with Crippen LogP contribution >= 0.6 is 11.3 Å². The van der Waals surface area contributed by atoms with Gasteiger partial charge in [0.25, 0.3) is 0 Å². The minimum atomic E-state index is -0.409. The summed E-state index contributed by atoms with van der Waals surface area (Å²) in [4.78, 5) is 15.7. The van der Waals surface area contributed by atoms with Gasteiger partial charge in [0.15, 0.2) is 17.5 Å². The van der Waals surface area contributed by atoms with Crippen molar-refractivity contribution in [2.24, 2.45) is 0 Å². The van der Waals surface area contributed by atoms with Gasteiger partial charge < -0.3 is 0 Å². The van der Waals surface area contributed by atoms with Crippen LogP contribution in [0.15, 0.2) is 212 Å². The molecule has 13 rings (SSSR count). The van der Waals surface area contributed by atoms with E-state index in [1.54, 1.807) is 0 Å². The van der Waals surface area contributed by atoms with Crippen molar-refractivity contribution in [2.75, 3.05) is 0 Å². The Balaban J connectivity index is 0.976. The lowest BCUT2D eigenvalue weighted by atomic mass is 9.70. The summed E-state index contributed by atoms with van der Waals surface area (Å²) in [6.07, 6.45) is 0. The molecule has 2 aromatic heterocycles. The maximum absolute atomic E-state index is 5.32. The molecule has 0 saturated heterocycles. The molecular weight excluding hydrogens is 771 g/mol. The zero-order valence-electron chi connectivity index (χ0n) is 33.5. The second-order valence-electron chi connectivity index (χ2n) is 16.2. The number of hydrogen-bond donors (Lipinski definition) is 0. The van der Waals surface area contributed by atoms with Gasteiger partial charge in [-0.25, -0.2) is 15.0 Å². The monoisotopic (exact) mass is 805 g/mol. The van der Waals surface area contributed by atoms with Crippen LogP contribution in [0.3, 0.4) is 0 Å². The van der Waals surface area contributed by atoms with Gasteiger partial charge in [-0.3, -0.25) is 0 Å². The third kappa shape index (κ3) is 5.08. The molecule has 2 heterocycles. The Bertz CT molecular complexity index is 3540. The van der Waals surface area contributed by atoms with Gasteiger partial charge in [0, 0.05) is 42.4 Å². The van der Waals surface area contributed by atoms with Gasteiger partial charge in [0.1, 0.15) is 0 Å². The predicted octanol–water partition coefficient (Wildman–Crippen LogP) is 14.9. The minimum Gasteiger partial charge on any atom is -0.208 e. The van der Waals surface area contributed by atoms with Crippen molar-refractivity contribution in [3.63, 3.8) is 0 Å². The van der Waals surface area contributed by atoms with Crippen molar-refractivity contribution in [3.8, 4) is 78.7 Å². The van der Waals surface area contributed by atoms with Crippen LogP contribution in [0.4, 0.5) is 0 Å². The molecule has 0 radical (unpaired) electrons. The first-order chi connectivity index (χ1) is 30.7. The third-order valence-corrected chi connectivity index (χ3v) is 14.2. The number of nitrogens with zero attached hydrogens (tertiary/aromatic N) is 3. The van der Waals surface area contributed by atoms with Crippen molar-refractivity contribution in [2.45, 2.75) is 5.41 Å². The molecular formula is C58H35N3S. The summed E-state index contributed by atoms with van der Waals surface area (Å²) in [5, 5.41) is 2.54. The van der Waals surface area contributed by atoms with E-state index in [9.17, 15) is 0 Å². The molecule has 3 nitrogen and oxygen atoms in total. The Morgan fingerprint density at radius 1 is 0.290 bits per heavy atom. The van der Waals surface area contributed by atoms with Gasteiger partial charge >= 0.3 is 0 Å². The highest BCUT2D eigenvalue weighted by atomic mass is 32.1. The molecule has 0 aliphatic heterocycles. The van der Waals surface area contributed by atoms with Gasteiger partial charge in [-0.1, -0.05) is 194 Å². The lowest BCUT2D eigenvalue weighted by molar-refractivity contribution is 0.794. The molecule has 0 fully saturated rings. The molecule has 0 N–H and O–H groups in total. The van der Waals surface area contributed by atoms with E-state index in [-0.39, 0.29) is 0 Å². The van der Waals surface area contributed by atoms with Crippen LogP contribution in [0, 0.1) is 0 Å². The zero-order valence-corrected chi connectivity index (χ0v) is 34.3. The van der Waals surface area contributed by atoms with E-state index in [4.69, 9.17) is 15.0 Å². The first kappa shape index (κ1) is 35.0. The van der Waals surface area contributed by atoms with Crippen molar-refractivity contribution < 1.29 is 0 Å². The summed E-state index contributed by atoms with van der Waals surface area (Å²) in [7, 11) is 0. The third-order valence-electron chi connectivity index (χ3n) is 13.0. The first-order valence-corrected chi connectivity index (χ1v) is 21.9. The van der Waals surface area contributed by atoms with Gasteiger partial charge in [0.05, 0.1) is 5.41 Å². The molecule has 11 aromatic rings. The van der Waals surface area contributed by atoms with Gasteiger partial charge in [-0.05, 0) is 79.4 Å². The highest BCUT2D eigenvalue weighted by molar-refractivity contribution is 7.26. The highest BCUT2D eigenvalue weighted by Gasteiger charge is 2.51. The molecule has 0 amide bonds. The van der Waals surface area contributed by atoms with E-state index in [0.717, 1.165) is 33.4 Å². The number of thiophene rings is 1. The van der Waals surface area contributed by atoms with E-state index in [2.05, 4.69) is 194 Å². The number of rotatable bonds is 5. The molecule has 4 heteroatoms. The molecule has 9 aromatic carbocycles. The molecule has 62 heavy (non-hydrogen) atoms. The van der Waals surface area contributed by atoms with E-state index in [1.807, 2.05) is 29.5 Å². The molecule has 288 valence electrons. The van der Waals surface area contributed by atoms with E-state index in [1.165, 1.54) is 70.2 Å². The lowest BCUT2D eigenvalue weighted by Gasteiger charge is -2.30. The standard InChI is InChI=1S/C58H35N3S/c1-2-16-36(17-3-1)55-59-56(61-57(60-55)48-25-5-4-20-40(48)46-26-15-27-47-45-24-9-13-31-53(45)62-54(46)47)39-19-14-18-37(34-39)38-32-33-44-43-23-8-12-30-51(43)58(52(44)35-38)49-28-10-6-21-41(49)42-22-7-11-29-50(42)58/h1-35H. The Morgan fingerprint density at radius 3 is 1.50 bits per heavy atom. The van der Waals surface area contributed by atoms with Crippen LogP contribution in [0.2, 0.25) is 0 Å². The fraction of sp³-hybridized carbons (Fsp3) is 0.0172. The summed E-state index contributed by atoms with van der Waals surface area (Å²) in [6, 6.07) is 76.7. The first-order valence-electron chi connectivity index (χ1n) is 21.1. The number of fused-ring (bicyclic) bond motifs is 13. The van der Waals surface area contributed by atoms with Gasteiger partial charge in [-0.2, -0.15) is 0 Å². The summed E-state index contributed by atoms with van der Waals surface area (Å²) in [5.41, 5.74) is 17.5. The van der Waals surface area contributed by atoms with E-state index >= 15 is 0 Å². The summed E-state index contributed by atoms with van der Waals surface area (Å²) >= 11 is 1.84. The quantitative estimate of drug-likeness (QED) is 0.174. The molecule has 0 unspecified atom stereocenters. The molecule has 2 aliphatic rings. The number of hydrogen-bond acceptors (Lipinski definition) is 4. The Hall–Kier alpha value is -7.79. The molecule has 1 spiro atoms. The van der Waals surface area contributed by atoms with Crippen molar-refractivity contribution in [3.05, 3.63) is 235 Å². The van der Waals surface area contributed by atoms with Crippen molar-refractivity contribution in [1.82, 2.24) is 15.0 Å². The smallest absolute Gasteiger partial charge is 0.164 e. The Labute approximate surface area is 363 Å². The zero-order chi connectivity index (χ0) is 40.8. The van der Waals surface area contributed by atoms with Crippen LogP contribution in [-0.4, -0.2) is 15.0 Å². The second-order valence-corrected chi connectivity index (χ2v) is 17.3. The number of benzene rings is 9. The molecule has 2 aliphatic carbocycles. The van der Waals surface area contributed by atoms with Crippen LogP contribution in [0.25, 0.3) is 98.8 Å². The number of aromatic nitrogens is 3. The molecule has 0 bridgehead atoms. The SMILES string of the molecule is c1ccc(-c2nc(-c3cccc(-c4ccc5c(c4)C4(c6ccccc6-c6ccccc64)c4ccccc4-5)c3)nc(-c3ccccc3-c3cccc4c3sc3ccccc34)n2)cc1. The average Bonchev–Trinajstić information content (AvgIpc) is 3.98. The fourth-order valence-corrected chi connectivity index (χ4v) is 11.6. The van der Waals surface area contributed by atoms with Crippen LogP contribution in [-0.2, 0) is 5.41 Å². The Morgan fingerprint density at radius 2 is 0.774 bits per heavy atom. The van der Waals surface area contributed by atoms with Crippen molar-refractivity contribution in [1.29, 1.82) is 0 Å². The maximum atomic E-state index is 5.32. The highest BCUT2D eigenvalue weighted by Crippen LogP contribution is 2.63. The van der Waals surface area contributed by atoms with Crippen LogP contribution < -0.4 is 0 Å². The maximum Gasteiger partial charge on any atom is 0.164 e. The van der Waals surface area contributed by atoms with E-state index in [0.29, 0.717) is 17.5 Å². The predicted molar refractivity (Wildman–Crippen MR) is 256 cm³/mol. The van der Waals surface area contributed by atoms with E-state index < -0.39 is 5.41 Å². The normalized spacial score (nSPS) is 13.0. The fourth-order valence-electron chi connectivity index (χ4n) is 10.3. The average molecular weight is 806 g/mol. The lowest BCUT2D eigenvalue weighted by Crippen LogP contribution is -2.25. The van der Waals surface area contributed by atoms with Crippen molar-refractivity contribution >= 4 is 31.5 Å². The van der Waals surface area contributed by atoms with Gasteiger partial charge in [-0.15, -0.1) is 11.3 Å². The topological polar surface area (TPSA) is 38.7 Å².